The lowest BCUT2D eigenvalue weighted by atomic mass is 10.0. The zero-order valence-corrected chi connectivity index (χ0v) is 9.33. The molecule has 1 aliphatic heterocycles. The fourth-order valence-electron chi connectivity index (χ4n) is 1.94. The number of aliphatic carboxylic acids is 2. The molecule has 0 aromatic carbocycles. The quantitative estimate of drug-likeness (QED) is 0.598. The van der Waals surface area contributed by atoms with Gasteiger partial charge in [-0.25, -0.2) is 4.79 Å². The zero-order chi connectivity index (χ0) is 13.0. The number of nitrogens with two attached hydrogens (primary N) is 1. The van der Waals surface area contributed by atoms with Gasteiger partial charge in [-0.05, 0) is 19.3 Å². The van der Waals surface area contributed by atoms with E-state index in [-0.39, 0.29) is 0 Å². The van der Waals surface area contributed by atoms with E-state index in [1.165, 1.54) is 4.90 Å². The molecule has 7 heteroatoms. The summed E-state index contributed by atoms with van der Waals surface area (Å²) in [5.74, 6) is -2.84. The summed E-state index contributed by atoms with van der Waals surface area (Å²) in [5.41, 5.74) is 5.45. The van der Waals surface area contributed by atoms with Crippen molar-refractivity contribution in [3.05, 3.63) is 0 Å². The maximum Gasteiger partial charge on any atom is 0.326 e. The molecule has 4 N–H and O–H groups in total. The minimum absolute atomic E-state index is 0.323. The van der Waals surface area contributed by atoms with Gasteiger partial charge in [0.25, 0.3) is 0 Å². The first-order valence-corrected chi connectivity index (χ1v) is 5.44. The highest BCUT2D eigenvalue weighted by molar-refractivity contribution is 5.89. The van der Waals surface area contributed by atoms with Crippen molar-refractivity contribution in [2.45, 2.75) is 37.8 Å². The van der Waals surface area contributed by atoms with E-state index in [1.807, 2.05) is 0 Å². The van der Waals surface area contributed by atoms with Crippen molar-refractivity contribution in [1.82, 2.24) is 4.90 Å². The first-order valence-electron chi connectivity index (χ1n) is 5.44. The van der Waals surface area contributed by atoms with Gasteiger partial charge in [0.2, 0.25) is 5.91 Å². The Morgan fingerprint density at radius 3 is 2.47 bits per heavy atom. The minimum atomic E-state index is -1.17. The van der Waals surface area contributed by atoms with E-state index < -0.39 is 36.4 Å². The third-order valence-corrected chi connectivity index (χ3v) is 2.78. The van der Waals surface area contributed by atoms with Gasteiger partial charge in [-0.3, -0.25) is 9.59 Å². The molecule has 1 saturated heterocycles. The number of carboxylic acid groups (broad SMARTS) is 2. The minimum Gasteiger partial charge on any atom is -0.481 e. The topological polar surface area (TPSA) is 121 Å². The lowest BCUT2D eigenvalue weighted by Crippen LogP contribution is -2.53. The van der Waals surface area contributed by atoms with Gasteiger partial charge in [0, 0.05) is 6.54 Å². The molecule has 1 fully saturated rings. The van der Waals surface area contributed by atoms with Gasteiger partial charge in [0.05, 0.1) is 12.5 Å². The molecule has 0 spiro atoms. The summed E-state index contributed by atoms with van der Waals surface area (Å²) in [5, 5.41) is 17.5. The largest absolute Gasteiger partial charge is 0.481 e. The average molecular weight is 244 g/mol. The molecular formula is C10H16N2O5. The van der Waals surface area contributed by atoms with Crippen LogP contribution in [0.3, 0.4) is 0 Å². The second-order valence-corrected chi connectivity index (χ2v) is 4.09. The molecule has 0 bridgehead atoms. The second kappa shape index (κ2) is 5.62. The number of carboxylic acids is 2. The van der Waals surface area contributed by atoms with Crippen LogP contribution < -0.4 is 5.73 Å². The van der Waals surface area contributed by atoms with E-state index in [9.17, 15) is 14.4 Å². The first kappa shape index (κ1) is 13.4. The third kappa shape index (κ3) is 3.42. The van der Waals surface area contributed by atoms with Gasteiger partial charge in [0.1, 0.15) is 6.04 Å². The first-order chi connectivity index (χ1) is 7.93. The van der Waals surface area contributed by atoms with Crippen LogP contribution in [-0.4, -0.2) is 51.6 Å². The molecular weight excluding hydrogens is 228 g/mol. The van der Waals surface area contributed by atoms with E-state index >= 15 is 0 Å². The maximum absolute atomic E-state index is 11.8. The van der Waals surface area contributed by atoms with Crippen LogP contribution in [0.15, 0.2) is 0 Å². The van der Waals surface area contributed by atoms with Crippen molar-refractivity contribution in [3.63, 3.8) is 0 Å². The third-order valence-electron chi connectivity index (χ3n) is 2.78. The Balaban J connectivity index is 2.70. The van der Waals surface area contributed by atoms with Crippen molar-refractivity contribution in [2.75, 3.05) is 6.54 Å². The van der Waals surface area contributed by atoms with Gasteiger partial charge < -0.3 is 20.8 Å². The van der Waals surface area contributed by atoms with E-state index in [0.717, 1.165) is 12.8 Å². The lowest BCUT2D eigenvalue weighted by molar-refractivity contribution is -0.153. The number of hydrogen-bond acceptors (Lipinski definition) is 4. The Morgan fingerprint density at radius 1 is 1.29 bits per heavy atom. The molecule has 0 aromatic rings. The molecule has 1 aliphatic rings. The summed E-state index contributed by atoms with van der Waals surface area (Å²) in [7, 11) is 0. The summed E-state index contributed by atoms with van der Waals surface area (Å²) in [6.07, 6.45) is 1.37. The SMILES string of the molecule is NC(CC(=O)O)C(=O)N1CCCC[C@@H]1C(=O)O. The zero-order valence-electron chi connectivity index (χ0n) is 9.33. The van der Waals surface area contributed by atoms with Crippen molar-refractivity contribution in [2.24, 2.45) is 5.73 Å². The monoisotopic (exact) mass is 244 g/mol. The molecule has 1 amide bonds. The van der Waals surface area contributed by atoms with Gasteiger partial charge in [0.15, 0.2) is 0 Å². The number of carbonyl (C=O) groups excluding carboxylic acids is 1. The molecule has 0 radical (unpaired) electrons. The van der Waals surface area contributed by atoms with Gasteiger partial charge in [-0.1, -0.05) is 0 Å². The number of amides is 1. The summed E-state index contributed by atoms with van der Waals surface area (Å²) in [6.45, 7) is 0.323. The van der Waals surface area contributed by atoms with E-state index in [1.54, 1.807) is 0 Å². The lowest BCUT2D eigenvalue weighted by Gasteiger charge is -2.34. The van der Waals surface area contributed by atoms with E-state index in [4.69, 9.17) is 15.9 Å². The van der Waals surface area contributed by atoms with Crippen LogP contribution >= 0.6 is 0 Å². The van der Waals surface area contributed by atoms with Crippen LogP contribution in [0.25, 0.3) is 0 Å². The normalized spacial score (nSPS) is 21.9. The standard InChI is InChI=1S/C10H16N2O5/c11-6(5-8(13)14)9(15)12-4-2-1-3-7(12)10(16)17/h6-7H,1-5,11H2,(H,13,14)(H,16,17)/t6?,7-/m1/s1. The Bertz CT molecular complexity index is 331. The summed E-state index contributed by atoms with van der Waals surface area (Å²) in [6, 6.07) is -2.05. The van der Waals surface area contributed by atoms with Crippen LogP contribution in [0.2, 0.25) is 0 Å². The smallest absolute Gasteiger partial charge is 0.326 e. The Kier molecular flexibility index (Phi) is 4.45. The number of nitrogens with zero attached hydrogens (tertiary/aromatic N) is 1. The predicted molar refractivity (Wildman–Crippen MR) is 57.2 cm³/mol. The number of likely N-dealkylation sites (tertiary alicyclic amines) is 1. The van der Waals surface area contributed by atoms with Crippen molar-refractivity contribution in [1.29, 1.82) is 0 Å². The van der Waals surface area contributed by atoms with Crippen molar-refractivity contribution >= 4 is 17.8 Å². The number of piperidine rings is 1. The summed E-state index contributed by atoms with van der Waals surface area (Å²) < 4.78 is 0. The predicted octanol–water partition coefficient (Wildman–Crippen LogP) is -0.746. The van der Waals surface area contributed by atoms with Gasteiger partial charge in [-0.2, -0.15) is 0 Å². The van der Waals surface area contributed by atoms with Crippen LogP contribution in [0.1, 0.15) is 25.7 Å². The van der Waals surface area contributed by atoms with Crippen LogP contribution in [0, 0.1) is 0 Å². The number of rotatable bonds is 4. The molecule has 17 heavy (non-hydrogen) atoms. The molecule has 0 saturated carbocycles. The highest BCUT2D eigenvalue weighted by Crippen LogP contribution is 2.18. The highest BCUT2D eigenvalue weighted by Gasteiger charge is 2.34. The number of hydrogen-bond donors (Lipinski definition) is 3. The molecule has 2 atom stereocenters. The van der Waals surface area contributed by atoms with Gasteiger partial charge in [-0.15, -0.1) is 0 Å². The van der Waals surface area contributed by atoms with E-state index in [0.29, 0.717) is 13.0 Å². The molecule has 96 valence electrons. The fourth-order valence-corrected chi connectivity index (χ4v) is 1.94. The summed E-state index contributed by atoms with van der Waals surface area (Å²) >= 11 is 0. The maximum atomic E-state index is 11.8. The molecule has 1 rings (SSSR count). The average Bonchev–Trinajstić information content (AvgIpc) is 2.27. The molecule has 7 nitrogen and oxygen atoms in total. The van der Waals surface area contributed by atoms with Crippen LogP contribution in [-0.2, 0) is 14.4 Å². The summed E-state index contributed by atoms with van der Waals surface area (Å²) in [4.78, 5) is 34.4. The molecule has 1 unspecified atom stereocenters. The van der Waals surface area contributed by atoms with Crippen LogP contribution in [0.4, 0.5) is 0 Å². The fraction of sp³-hybridized carbons (Fsp3) is 0.700. The Labute approximate surface area is 98.2 Å². The number of carbonyl (C=O) groups is 3. The Morgan fingerprint density at radius 2 is 1.94 bits per heavy atom. The van der Waals surface area contributed by atoms with Gasteiger partial charge >= 0.3 is 11.9 Å². The molecule has 1 heterocycles. The van der Waals surface area contributed by atoms with Crippen molar-refractivity contribution < 1.29 is 24.6 Å². The van der Waals surface area contributed by atoms with E-state index in [2.05, 4.69) is 0 Å². The van der Waals surface area contributed by atoms with Crippen molar-refractivity contribution in [3.8, 4) is 0 Å². The highest BCUT2D eigenvalue weighted by atomic mass is 16.4. The Hall–Kier alpha value is -1.63. The molecule has 0 aromatic heterocycles. The molecule has 0 aliphatic carbocycles. The van der Waals surface area contributed by atoms with Crippen LogP contribution in [0.5, 0.6) is 0 Å². The second-order valence-electron chi connectivity index (χ2n) is 4.09.